The Balaban J connectivity index is 1.18. The van der Waals surface area contributed by atoms with Crippen molar-refractivity contribution in [2.24, 2.45) is 0 Å². The van der Waals surface area contributed by atoms with Gasteiger partial charge in [0.25, 0.3) is 0 Å². The Morgan fingerprint density at radius 1 is 0.421 bits per heavy atom. The van der Waals surface area contributed by atoms with Crippen LogP contribution in [0.25, 0.3) is 67.3 Å². The van der Waals surface area contributed by atoms with E-state index in [1.807, 2.05) is 24.2 Å². The van der Waals surface area contributed by atoms with E-state index in [2.05, 4.69) is 194 Å². The van der Waals surface area contributed by atoms with Gasteiger partial charge in [-0.1, -0.05) is 163 Å². The predicted molar refractivity (Wildman–Crippen MR) is 233 cm³/mol. The molecule has 0 unspecified atom stereocenters. The van der Waals surface area contributed by atoms with Gasteiger partial charge in [0.05, 0.1) is 16.8 Å². The van der Waals surface area contributed by atoms with E-state index in [1.54, 1.807) is 0 Å². The zero-order valence-electron chi connectivity index (χ0n) is 31.2. The number of benzene rings is 7. The van der Waals surface area contributed by atoms with Crippen LogP contribution in [0.15, 0.2) is 204 Å². The average molecular weight is 746 g/mol. The molecule has 1 spiro atoms. The lowest BCUT2D eigenvalue weighted by Crippen LogP contribution is -2.32. The SMILES string of the molecule is Cc1cnccc1-c1ccc2c(c1)C1(c3ccccc3Sc3ccccc31)c1cccc(-c3cc(-c4ccccc4)nc(-c4ccc(-c5ccccc5)cc4)n3)c1-2. The molecule has 0 amide bonds. The number of nitrogens with zero attached hydrogens (tertiary/aromatic N) is 3. The monoisotopic (exact) mass is 745 g/mol. The van der Waals surface area contributed by atoms with Crippen LogP contribution in [0.4, 0.5) is 0 Å². The molecule has 1 aliphatic heterocycles. The smallest absolute Gasteiger partial charge is 0.160 e. The Labute approximate surface area is 336 Å². The minimum Gasteiger partial charge on any atom is -0.264 e. The highest BCUT2D eigenvalue weighted by Crippen LogP contribution is 2.63. The van der Waals surface area contributed by atoms with Crippen LogP contribution in [0.2, 0.25) is 0 Å². The molecule has 3 nitrogen and oxygen atoms in total. The minimum absolute atomic E-state index is 0.540. The summed E-state index contributed by atoms with van der Waals surface area (Å²) in [6.45, 7) is 2.15. The molecule has 2 aliphatic rings. The van der Waals surface area contributed by atoms with Crippen LogP contribution in [0.1, 0.15) is 27.8 Å². The number of aromatic nitrogens is 3. The summed E-state index contributed by atoms with van der Waals surface area (Å²) in [7, 11) is 0. The summed E-state index contributed by atoms with van der Waals surface area (Å²) >= 11 is 1.87. The van der Waals surface area contributed by atoms with Gasteiger partial charge in [-0.3, -0.25) is 4.98 Å². The van der Waals surface area contributed by atoms with E-state index in [4.69, 9.17) is 9.97 Å². The summed E-state index contributed by atoms with van der Waals surface area (Å²) in [5.74, 6) is 0.699. The molecule has 0 saturated carbocycles. The van der Waals surface area contributed by atoms with Gasteiger partial charge in [-0.2, -0.15) is 0 Å². The number of fused-ring (bicyclic) bond motifs is 9. The standard InChI is InChI=1S/C53H35N3S/c1-34-33-54-30-29-40(34)39-27-28-41-46(31-39)53(43-18-8-10-21-49(43)57-50-22-11-9-19-44(50)53)45-20-12-17-42(51(41)45)48-32-47(37-15-6-3-7-16-37)55-52(56-48)38-25-23-36(24-26-38)35-13-4-2-5-14-35/h2-33H,1H3. The average Bonchev–Trinajstić information content (AvgIpc) is 3.57. The van der Waals surface area contributed by atoms with Crippen molar-refractivity contribution in [1.29, 1.82) is 0 Å². The molecule has 268 valence electrons. The molecule has 0 radical (unpaired) electrons. The Morgan fingerprint density at radius 3 is 1.74 bits per heavy atom. The van der Waals surface area contributed by atoms with E-state index in [9.17, 15) is 0 Å². The van der Waals surface area contributed by atoms with E-state index in [1.165, 1.54) is 59.9 Å². The Bertz CT molecular complexity index is 2950. The highest BCUT2D eigenvalue weighted by molar-refractivity contribution is 7.99. The maximum atomic E-state index is 5.43. The molecule has 7 aromatic carbocycles. The first kappa shape index (κ1) is 33.5. The first-order valence-electron chi connectivity index (χ1n) is 19.3. The van der Waals surface area contributed by atoms with Crippen molar-refractivity contribution in [3.8, 4) is 67.3 Å². The van der Waals surface area contributed by atoms with Crippen LogP contribution in [-0.2, 0) is 5.41 Å². The largest absolute Gasteiger partial charge is 0.264 e. The van der Waals surface area contributed by atoms with E-state index >= 15 is 0 Å². The molecule has 2 aromatic heterocycles. The zero-order valence-corrected chi connectivity index (χ0v) is 32.0. The van der Waals surface area contributed by atoms with Crippen LogP contribution in [0.5, 0.6) is 0 Å². The third-order valence-corrected chi connectivity index (χ3v) is 12.8. The molecule has 9 aromatic rings. The highest BCUT2D eigenvalue weighted by atomic mass is 32.2. The lowest BCUT2D eigenvalue weighted by Gasteiger charge is -2.39. The Hall–Kier alpha value is -6.88. The van der Waals surface area contributed by atoms with Crippen LogP contribution in [0.3, 0.4) is 0 Å². The van der Waals surface area contributed by atoms with Crippen molar-refractivity contribution in [3.63, 3.8) is 0 Å². The first-order valence-corrected chi connectivity index (χ1v) is 20.2. The second kappa shape index (κ2) is 13.4. The summed E-state index contributed by atoms with van der Waals surface area (Å²) < 4.78 is 0. The fourth-order valence-electron chi connectivity index (χ4n) is 9.04. The first-order chi connectivity index (χ1) is 28.2. The van der Waals surface area contributed by atoms with Crippen molar-refractivity contribution in [2.75, 3.05) is 0 Å². The molecule has 0 fully saturated rings. The molecule has 0 atom stereocenters. The van der Waals surface area contributed by atoms with Gasteiger partial charge in [0.2, 0.25) is 0 Å². The molecule has 57 heavy (non-hydrogen) atoms. The number of rotatable bonds is 5. The lowest BCUT2D eigenvalue weighted by atomic mass is 9.67. The van der Waals surface area contributed by atoms with Crippen LogP contribution < -0.4 is 0 Å². The third kappa shape index (κ3) is 5.32. The second-order valence-electron chi connectivity index (χ2n) is 14.8. The number of hydrogen-bond donors (Lipinski definition) is 0. The third-order valence-electron chi connectivity index (χ3n) is 11.6. The van der Waals surface area contributed by atoms with Crippen molar-refractivity contribution in [1.82, 2.24) is 15.0 Å². The maximum Gasteiger partial charge on any atom is 0.160 e. The van der Waals surface area contributed by atoms with Crippen LogP contribution >= 0.6 is 11.8 Å². The number of pyridine rings is 1. The zero-order chi connectivity index (χ0) is 37.9. The molecule has 0 bridgehead atoms. The van der Waals surface area contributed by atoms with Gasteiger partial charge in [-0.05, 0) is 98.5 Å². The fraction of sp³-hybridized carbons (Fsp3) is 0.0377. The predicted octanol–water partition coefficient (Wildman–Crippen LogP) is 13.3. The molecule has 1 aliphatic carbocycles. The fourth-order valence-corrected chi connectivity index (χ4v) is 10.2. The summed E-state index contributed by atoms with van der Waals surface area (Å²) in [5, 5.41) is 0. The maximum absolute atomic E-state index is 5.43. The second-order valence-corrected chi connectivity index (χ2v) is 15.9. The summed E-state index contributed by atoms with van der Waals surface area (Å²) in [5.41, 5.74) is 17.8. The molecule has 11 rings (SSSR count). The molecular formula is C53H35N3S. The van der Waals surface area contributed by atoms with Gasteiger partial charge in [0, 0.05) is 38.9 Å². The molecule has 0 N–H and O–H groups in total. The summed E-state index contributed by atoms with van der Waals surface area (Å²) in [4.78, 5) is 17.6. The minimum atomic E-state index is -0.540. The molecule has 3 heterocycles. The van der Waals surface area contributed by atoms with Crippen molar-refractivity contribution in [3.05, 3.63) is 222 Å². The molecule has 4 heteroatoms. The molecule has 0 saturated heterocycles. The van der Waals surface area contributed by atoms with Gasteiger partial charge in [-0.15, -0.1) is 0 Å². The molecular weight excluding hydrogens is 711 g/mol. The van der Waals surface area contributed by atoms with Gasteiger partial charge in [0.1, 0.15) is 0 Å². The van der Waals surface area contributed by atoms with E-state index < -0.39 is 5.41 Å². The highest BCUT2D eigenvalue weighted by Gasteiger charge is 2.51. The van der Waals surface area contributed by atoms with Gasteiger partial charge < -0.3 is 0 Å². The van der Waals surface area contributed by atoms with E-state index in [0.717, 1.165) is 39.2 Å². The van der Waals surface area contributed by atoms with Crippen molar-refractivity contribution < 1.29 is 0 Å². The lowest BCUT2D eigenvalue weighted by molar-refractivity contribution is 0.722. The normalized spacial score (nSPS) is 13.1. The summed E-state index contributed by atoms with van der Waals surface area (Å²) in [6, 6.07) is 65.7. The quantitative estimate of drug-likeness (QED) is 0.176. The van der Waals surface area contributed by atoms with Gasteiger partial charge in [-0.25, -0.2) is 9.97 Å². The number of aryl methyl sites for hydroxylation is 1. The van der Waals surface area contributed by atoms with Crippen molar-refractivity contribution in [2.45, 2.75) is 22.1 Å². The van der Waals surface area contributed by atoms with E-state index in [-0.39, 0.29) is 0 Å². The van der Waals surface area contributed by atoms with Crippen molar-refractivity contribution >= 4 is 11.8 Å². The number of hydrogen-bond acceptors (Lipinski definition) is 4. The van der Waals surface area contributed by atoms with Gasteiger partial charge in [0.15, 0.2) is 5.82 Å². The summed E-state index contributed by atoms with van der Waals surface area (Å²) in [6.07, 6.45) is 3.85. The Morgan fingerprint density at radius 2 is 1.02 bits per heavy atom. The van der Waals surface area contributed by atoms with Crippen LogP contribution in [0, 0.1) is 6.92 Å². The topological polar surface area (TPSA) is 38.7 Å². The van der Waals surface area contributed by atoms with Gasteiger partial charge >= 0.3 is 0 Å². The van der Waals surface area contributed by atoms with E-state index in [0.29, 0.717) is 5.82 Å². The Kier molecular flexibility index (Phi) is 7.87. The van der Waals surface area contributed by atoms with Crippen LogP contribution in [-0.4, -0.2) is 15.0 Å².